The Morgan fingerprint density at radius 1 is 1.18 bits per heavy atom. The predicted octanol–water partition coefficient (Wildman–Crippen LogP) is 4.58. The number of halogens is 5. The molecule has 0 aliphatic carbocycles. The lowest BCUT2D eigenvalue weighted by Crippen LogP contribution is -2.23. The number of rotatable bonds is 4. The lowest BCUT2D eigenvalue weighted by atomic mass is 10.1. The molecular formula is C17H11ClF3IN3O2P. The fourth-order valence-corrected chi connectivity index (χ4v) is 4.22. The van der Waals surface area contributed by atoms with E-state index in [1.807, 2.05) is 22.0 Å². The van der Waals surface area contributed by atoms with E-state index >= 15 is 0 Å². The quantitative estimate of drug-likeness (QED) is 0.360. The van der Waals surface area contributed by atoms with Crippen LogP contribution in [0.15, 0.2) is 58.4 Å². The van der Waals surface area contributed by atoms with Crippen LogP contribution in [0.2, 0.25) is 5.02 Å². The Bertz CT molecular complexity index is 1150. The lowest BCUT2D eigenvalue weighted by molar-refractivity contribution is -0.138. The van der Waals surface area contributed by atoms with Gasteiger partial charge in [-0.25, -0.2) is 4.45 Å². The molecule has 1 unspecified atom stereocenters. The molecule has 3 rings (SSSR count). The van der Waals surface area contributed by atoms with Crippen molar-refractivity contribution in [2.24, 2.45) is 0 Å². The molecular weight excluding hydrogens is 529 g/mol. The molecule has 0 amide bonds. The van der Waals surface area contributed by atoms with Crippen LogP contribution in [0.25, 0.3) is 11.1 Å². The Morgan fingerprint density at radius 2 is 1.89 bits per heavy atom. The Hall–Kier alpha value is -1.71. The third-order valence-corrected chi connectivity index (χ3v) is 6.10. The molecule has 0 bridgehead atoms. The maximum Gasteiger partial charge on any atom is 0.416 e. The molecule has 0 radical (unpaired) electrons. The molecule has 2 heterocycles. The van der Waals surface area contributed by atoms with Crippen molar-refractivity contribution in [2.45, 2.75) is 12.7 Å². The van der Waals surface area contributed by atoms with E-state index in [0.29, 0.717) is 0 Å². The Morgan fingerprint density at radius 3 is 2.54 bits per heavy atom. The van der Waals surface area contributed by atoms with Gasteiger partial charge in [-0.3, -0.25) is 9.59 Å². The molecule has 0 saturated heterocycles. The second kappa shape index (κ2) is 8.34. The second-order valence-electron chi connectivity index (χ2n) is 5.71. The molecule has 1 aromatic carbocycles. The SMILES string of the molecule is O=c1cc(-c2c(Cl)cnn(PI)c2=O)ccn1Cc1ccccc1C(F)(F)F. The maximum atomic E-state index is 13.2. The molecule has 0 spiro atoms. The fourth-order valence-electron chi connectivity index (χ4n) is 2.67. The summed E-state index contributed by atoms with van der Waals surface area (Å²) in [6, 6.07) is 7.72. The molecule has 146 valence electrons. The Balaban J connectivity index is 2.03. The maximum absolute atomic E-state index is 13.2. The van der Waals surface area contributed by atoms with Crippen LogP contribution in [-0.4, -0.2) is 14.1 Å². The molecule has 0 N–H and O–H groups in total. The molecule has 0 aliphatic rings. The first-order valence-corrected chi connectivity index (χ1v) is 12.2. The minimum absolute atomic E-state index is 0.0275. The van der Waals surface area contributed by atoms with Gasteiger partial charge in [-0.1, -0.05) is 29.8 Å². The van der Waals surface area contributed by atoms with Crippen molar-refractivity contribution in [3.8, 4) is 11.1 Å². The van der Waals surface area contributed by atoms with Crippen LogP contribution in [-0.2, 0) is 12.7 Å². The first kappa shape index (κ1) is 21.0. The van der Waals surface area contributed by atoms with Gasteiger partial charge in [0.25, 0.3) is 11.1 Å². The number of benzene rings is 1. The summed E-state index contributed by atoms with van der Waals surface area (Å²) in [6.45, 7) is -0.252. The van der Waals surface area contributed by atoms with Crippen LogP contribution in [0, 0.1) is 0 Å². The van der Waals surface area contributed by atoms with Gasteiger partial charge in [0.2, 0.25) is 0 Å². The summed E-state index contributed by atoms with van der Waals surface area (Å²) in [5.41, 5.74) is -1.41. The van der Waals surface area contributed by atoms with Gasteiger partial charge in [0, 0.05) is 12.3 Å². The van der Waals surface area contributed by atoms with Crippen LogP contribution >= 0.6 is 40.0 Å². The summed E-state index contributed by atoms with van der Waals surface area (Å²) in [7, 11) is 0. The molecule has 3 aromatic rings. The topological polar surface area (TPSA) is 56.9 Å². The molecule has 28 heavy (non-hydrogen) atoms. The summed E-state index contributed by atoms with van der Waals surface area (Å²) in [6.07, 6.45) is -1.81. The fraction of sp³-hybridized carbons (Fsp3) is 0.118. The van der Waals surface area contributed by atoms with Crippen LogP contribution < -0.4 is 11.1 Å². The van der Waals surface area contributed by atoms with E-state index in [4.69, 9.17) is 11.6 Å². The molecule has 1 atom stereocenters. The summed E-state index contributed by atoms with van der Waals surface area (Å²) in [5, 5.41) is 3.99. The zero-order chi connectivity index (χ0) is 20.5. The van der Waals surface area contributed by atoms with Crippen LogP contribution in [0.4, 0.5) is 13.2 Å². The monoisotopic (exact) mass is 539 g/mol. The standard InChI is InChI=1S/C17H11ClF3IN3O2P/c18-13-8-23-25(28-22)16(27)15(13)10-5-6-24(14(26)7-10)9-11-3-1-2-4-12(11)17(19,20)21/h1-8,28H,9H2. The van der Waals surface area contributed by atoms with Gasteiger partial charge in [-0.05, 0) is 45.3 Å². The summed E-state index contributed by atoms with van der Waals surface area (Å²) < 4.78 is 41.8. The van der Waals surface area contributed by atoms with E-state index in [1.165, 1.54) is 47.2 Å². The first-order chi connectivity index (χ1) is 13.2. The molecule has 5 nitrogen and oxygen atoms in total. The van der Waals surface area contributed by atoms with Crippen molar-refractivity contribution < 1.29 is 13.2 Å². The number of pyridine rings is 1. The van der Waals surface area contributed by atoms with Gasteiger partial charge in [0.15, 0.2) is 0 Å². The van der Waals surface area contributed by atoms with Crippen LogP contribution in [0.3, 0.4) is 0 Å². The number of nitrogens with zero attached hydrogens (tertiary/aromatic N) is 3. The number of alkyl halides is 3. The highest BCUT2D eigenvalue weighted by atomic mass is 127. The number of hydrogen-bond donors (Lipinski definition) is 0. The first-order valence-electron chi connectivity index (χ1n) is 7.73. The van der Waals surface area contributed by atoms with E-state index in [-0.39, 0.29) is 34.6 Å². The van der Waals surface area contributed by atoms with E-state index in [0.717, 1.165) is 10.6 Å². The molecule has 0 saturated carbocycles. The van der Waals surface area contributed by atoms with Crippen LogP contribution in [0.1, 0.15) is 11.1 Å². The van der Waals surface area contributed by atoms with Crippen molar-refractivity contribution >= 4 is 40.0 Å². The largest absolute Gasteiger partial charge is 0.416 e. The van der Waals surface area contributed by atoms with Gasteiger partial charge >= 0.3 is 6.18 Å². The van der Waals surface area contributed by atoms with E-state index in [9.17, 15) is 22.8 Å². The van der Waals surface area contributed by atoms with Gasteiger partial charge in [-0.15, -0.1) is 0 Å². The molecule has 0 fully saturated rings. The summed E-state index contributed by atoms with van der Waals surface area (Å²) in [4.78, 5) is 24.9. The zero-order valence-corrected chi connectivity index (χ0v) is 17.8. The van der Waals surface area contributed by atoms with Gasteiger partial charge < -0.3 is 4.57 Å². The minimum Gasteiger partial charge on any atom is -0.311 e. The average molecular weight is 540 g/mol. The highest BCUT2D eigenvalue weighted by Crippen LogP contribution is 2.32. The van der Waals surface area contributed by atoms with E-state index in [2.05, 4.69) is 5.10 Å². The Labute approximate surface area is 176 Å². The zero-order valence-electron chi connectivity index (χ0n) is 13.9. The van der Waals surface area contributed by atoms with Crippen molar-refractivity contribution in [3.63, 3.8) is 0 Å². The molecule has 11 heteroatoms. The van der Waals surface area contributed by atoms with Crippen molar-refractivity contribution in [1.29, 1.82) is 0 Å². The van der Waals surface area contributed by atoms with E-state index < -0.39 is 22.9 Å². The predicted molar refractivity (Wildman–Crippen MR) is 111 cm³/mol. The van der Waals surface area contributed by atoms with Crippen molar-refractivity contribution in [3.05, 3.63) is 85.6 Å². The third-order valence-electron chi connectivity index (χ3n) is 3.96. The summed E-state index contributed by atoms with van der Waals surface area (Å²) in [5.74, 6) is 0. The van der Waals surface area contributed by atoms with Gasteiger partial charge in [0.1, 0.15) is 0 Å². The normalized spacial score (nSPS) is 12.0. The van der Waals surface area contributed by atoms with Gasteiger partial charge in [-0.2, -0.15) is 18.3 Å². The van der Waals surface area contributed by atoms with E-state index in [1.54, 1.807) is 0 Å². The lowest BCUT2D eigenvalue weighted by Gasteiger charge is -2.14. The third kappa shape index (κ3) is 4.31. The molecule has 2 aromatic heterocycles. The number of hydrogen-bond acceptors (Lipinski definition) is 3. The highest BCUT2D eigenvalue weighted by Gasteiger charge is 2.32. The highest BCUT2D eigenvalue weighted by molar-refractivity contribution is 14.2. The average Bonchev–Trinajstić information content (AvgIpc) is 2.63. The number of aromatic nitrogens is 3. The van der Waals surface area contributed by atoms with Gasteiger partial charge in [0.05, 0.1) is 35.3 Å². The second-order valence-corrected chi connectivity index (χ2v) is 8.15. The van der Waals surface area contributed by atoms with Crippen LogP contribution in [0.5, 0.6) is 0 Å². The minimum atomic E-state index is -4.52. The summed E-state index contributed by atoms with van der Waals surface area (Å²) >= 11 is 8.06. The Kier molecular flexibility index (Phi) is 6.26. The molecule has 0 aliphatic heterocycles. The van der Waals surface area contributed by atoms with Crippen molar-refractivity contribution in [2.75, 3.05) is 0 Å². The smallest absolute Gasteiger partial charge is 0.311 e. The van der Waals surface area contributed by atoms with Crippen molar-refractivity contribution in [1.82, 2.24) is 14.1 Å².